The van der Waals surface area contributed by atoms with Crippen LogP contribution in [0.4, 0.5) is 0 Å². The first-order valence-corrected chi connectivity index (χ1v) is 7.05. The first kappa shape index (κ1) is 13.4. The highest BCUT2D eigenvalue weighted by Gasteiger charge is 2.55. The van der Waals surface area contributed by atoms with Crippen LogP contribution in [0.25, 0.3) is 0 Å². The molecule has 2 atom stereocenters. The topological polar surface area (TPSA) is 74.6 Å². The van der Waals surface area contributed by atoms with Crippen LogP contribution in [-0.4, -0.2) is 22.2 Å². The second kappa shape index (κ2) is 5.29. The molecule has 0 aromatic rings. The second-order valence-corrected chi connectivity index (χ2v) is 5.82. The minimum absolute atomic E-state index is 0.0603. The van der Waals surface area contributed by atoms with E-state index in [0.29, 0.717) is 12.8 Å². The van der Waals surface area contributed by atoms with Gasteiger partial charge in [-0.2, -0.15) is 0 Å². The molecule has 2 unspecified atom stereocenters. The van der Waals surface area contributed by atoms with Gasteiger partial charge in [-0.3, -0.25) is 9.59 Å². The largest absolute Gasteiger partial charge is 0.481 e. The summed E-state index contributed by atoms with van der Waals surface area (Å²) in [6, 6.07) is 0. The van der Waals surface area contributed by atoms with Crippen LogP contribution in [0.15, 0.2) is 0 Å². The van der Waals surface area contributed by atoms with Crippen molar-refractivity contribution in [1.29, 1.82) is 0 Å². The van der Waals surface area contributed by atoms with Crippen molar-refractivity contribution in [2.24, 2.45) is 17.3 Å². The molecule has 0 heterocycles. The Kier molecular flexibility index (Phi) is 3.93. The minimum atomic E-state index is -0.996. The molecule has 2 aliphatic carbocycles. The maximum Gasteiger partial charge on any atom is 0.310 e. The molecule has 0 aliphatic heterocycles. The Hall–Kier alpha value is -1.06. The van der Waals surface area contributed by atoms with E-state index in [0.717, 1.165) is 44.9 Å². The molecule has 2 fully saturated rings. The predicted octanol–water partition coefficient (Wildman–Crippen LogP) is 2.91. The number of hydrogen-bond donors (Lipinski definition) is 2. The molecular formula is C14H22O4. The van der Waals surface area contributed by atoms with Crippen LogP contribution in [0.1, 0.15) is 57.8 Å². The summed E-state index contributed by atoms with van der Waals surface area (Å²) < 4.78 is 0. The maximum absolute atomic E-state index is 11.8. The van der Waals surface area contributed by atoms with Gasteiger partial charge >= 0.3 is 11.9 Å². The molecular weight excluding hydrogens is 232 g/mol. The summed E-state index contributed by atoms with van der Waals surface area (Å²) in [5.74, 6) is -2.42. The average molecular weight is 254 g/mol. The lowest BCUT2D eigenvalue weighted by Crippen LogP contribution is -2.50. The monoisotopic (exact) mass is 254 g/mol. The molecule has 4 heteroatoms. The van der Waals surface area contributed by atoms with E-state index in [4.69, 9.17) is 0 Å². The number of rotatable bonds is 3. The van der Waals surface area contributed by atoms with Crippen molar-refractivity contribution in [3.8, 4) is 0 Å². The third kappa shape index (κ3) is 2.13. The first-order valence-electron chi connectivity index (χ1n) is 7.05. The summed E-state index contributed by atoms with van der Waals surface area (Å²) in [7, 11) is 0. The number of carboxylic acids is 2. The van der Waals surface area contributed by atoms with Gasteiger partial charge in [0.25, 0.3) is 0 Å². The van der Waals surface area contributed by atoms with Gasteiger partial charge in [-0.15, -0.1) is 0 Å². The van der Waals surface area contributed by atoms with Gasteiger partial charge in [-0.05, 0) is 31.6 Å². The number of aliphatic carboxylic acids is 2. The molecule has 18 heavy (non-hydrogen) atoms. The van der Waals surface area contributed by atoms with E-state index in [1.807, 2.05) is 0 Å². The molecule has 0 radical (unpaired) electrons. The zero-order valence-electron chi connectivity index (χ0n) is 10.7. The van der Waals surface area contributed by atoms with Crippen molar-refractivity contribution in [3.63, 3.8) is 0 Å². The molecule has 2 N–H and O–H groups in total. The Bertz CT molecular complexity index is 333. The molecule has 0 spiro atoms. The first-order chi connectivity index (χ1) is 8.59. The SMILES string of the molecule is O=C(O)C1CCCCC1(C(=O)O)C1CCCCC1. The van der Waals surface area contributed by atoms with Gasteiger partial charge in [-0.1, -0.05) is 32.1 Å². The van der Waals surface area contributed by atoms with E-state index in [-0.39, 0.29) is 5.92 Å². The van der Waals surface area contributed by atoms with Gasteiger partial charge < -0.3 is 10.2 Å². The molecule has 102 valence electrons. The molecule has 2 saturated carbocycles. The Morgan fingerprint density at radius 3 is 2.06 bits per heavy atom. The summed E-state index contributed by atoms with van der Waals surface area (Å²) in [6.45, 7) is 0. The number of carboxylic acid groups (broad SMARTS) is 2. The van der Waals surface area contributed by atoms with Gasteiger partial charge in [0.2, 0.25) is 0 Å². The van der Waals surface area contributed by atoms with Crippen LogP contribution in [0.3, 0.4) is 0 Å². The molecule has 0 aromatic heterocycles. The third-order valence-corrected chi connectivity index (χ3v) is 4.99. The van der Waals surface area contributed by atoms with Crippen molar-refractivity contribution < 1.29 is 19.8 Å². The van der Waals surface area contributed by atoms with E-state index in [2.05, 4.69) is 0 Å². The number of hydrogen-bond acceptors (Lipinski definition) is 2. The molecule has 2 aliphatic rings. The summed E-state index contributed by atoms with van der Waals surface area (Å²) in [6.07, 6.45) is 7.79. The van der Waals surface area contributed by atoms with Crippen LogP contribution in [-0.2, 0) is 9.59 Å². The van der Waals surface area contributed by atoms with E-state index in [9.17, 15) is 19.8 Å². The third-order valence-electron chi connectivity index (χ3n) is 4.99. The average Bonchev–Trinajstić information content (AvgIpc) is 2.39. The Labute approximate surface area is 107 Å². The van der Waals surface area contributed by atoms with Gasteiger partial charge in [0, 0.05) is 0 Å². The highest BCUT2D eigenvalue weighted by atomic mass is 16.4. The van der Waals surface area contributed by atoms with Gasteiger partial charge in [0.15, 0.2) is 0 Å². The van der Waals surface area contributed by atoms with Crippen LogP contribution in [0, 0.1) is 17.3 Å². The van der Waals surface area contributed by atoms with Gasteiger partial charge in [0.05, 0.1) is 11.3 Å². The normalized spacial score (nSPS) is 34.1. The standard InChI is InChI=1S/C14H22O4/c15-12(16)11-8-4-5-9-14(11,13(17)18)10-6-2-1-3-7-10/h10-11H,1-9H2,(H,15,16)(H,17,18). The zero-order chi connectivity index (χ0) is 13.2. The van der Waals surface area contributed by atoms with Crippen molar-refractivity contribution in [1.82, 2.24) is 0 Å². The zero-order valence-corrected chi connectivity index (χ0v) is 10.7. The van der Waals surface area contributed by atoms with E-state index in [1.165, 1.54) is 0 Å². The van der Waals surface area contributed by atoms with Crippen molar-refractivity contribution >= 4 is 11.9 Å². The lowest BCUT2D eigenvalue weighted by molar-refractivity contribution is -0.173. The van der Waals surface area contributed by atoms with E-state index < -0.39 is 23.3 Å². The van der Waals surface area contributed by atoms with Gasteiger partial charge in [0.1, 0.15) is 0 Å². The highest BCUT2D eigenvalue weighted by molar-refractivity contribution is 5.84. The second-order valence-electron chi connectivity index (χ2n) is 5.82. The molecule has 4 nitrogen and oxygen atoms in total. The summed E-state index contributed by atoms with van der Waals surface area (Å²) >= 11 is 0. The van der Waals surface area contributed by atoms with Crippen LogP contribution >= 0.6 is 0 Å². The highest BCUT2D eigenvalue weighted by Crippen LogP contribution is 2.51. The Morgan fingerprint density at radius 2 is 1.50 bits per heavy atom. The maximum atomic E-state index is 11.8. The summed E-state index contributed by atoms with van der Waals surface area (Å²) in [4.78, 5) is 23.3. The van der Waals surface area contributed by atoms with Crippen molar-refractivity contribution in [2.75, 3.05) is 0 Å². The van der Waals surface area contributed by atoms with Crippen LogP contribution in [0.5, 0.6) is 0 Å². The fourth-order valence-electron chi connectivity index (χ4n) is 4.08. The lowest BCUT2D eigenvalue weighted by atomic mass is 9.56. The van der Waals surface area contributed by atoms with Crippen molar-refractivity contribution in [3.05, 3.63) is 0 Å². The van der Waals surface area contributed by atoms with Crippen molar-refractivity contribution in [2.45, 2.75) is 57.8 Å². The van der Waals surface area contributed by atoms with Crippen LogP contribution < -0.4 is 0 Å². The molecule has 0 aromatic carbocycles. The lowest BCUT2D eigenvalue weighted by Gasteiger charge is -2.45. The number of carbonyl (C=O) groups is 2. The Balaban J connectivity index is 2.32. The fourth-order valence-corrected chi connectivity index (χ4v) is 4.08. The molecule has 0 amide bonds. The minimum Gasteiger partial charge on any atom is -0.481 e. The molecule has 2 rings (SSSR count). The van der Waals surface area contributed by atoms with Gasteiger partial charge in [-0.25, -0.2) is 0 Å². The Morgan fingerprint density at radius 1 is 0.889 bits per heavy atom. The summed E-state index contributed by atoms with van der Waals surface area (Å²) in [5.41, 5.74) is -0.996. The fraction of sp³-hybridized carbons (Fsp3) is 0.857. The summed E-state index contributed by atoms with van der Waals surface area (Å²) in [5, 5.41) is 19.1. The van der Waals surface area contributed by atoms with E-state index in [1.54, 1.807) is 0 Å². The molecule has 0 saturated heterocycles. The quantitative estimate of drug-likeness (QED) is 0.812. The smallest absolute Gasteiger partial charge is 0.310 e. The van der Waals surface area contributed by atoms with Crippen LogP contribution in [0.2, 0.25) is 0 Å². The van der Waals surface area contributed by atoms with E-state index >= 15 is 0 Å². The molecule has 0 bridgehead atoms. The predicted molar refractivity (Wildman–Crippen MR) is 66.2 cm³/mol.